The SMILES string of the molecule is C=C.CNc1cccc2ccccc12. The maximum atomic E-state index is 3.17. The van der Waals surface area contributed by atoms with Crippen molar-refractivity contribution in [1.82, 2.24) is 0 Å². The van der Waals surface area contributed by atoms with Crippen molar-refractivity contribution in [3.8, 4) is 0 Å². The van der Waals surface area contributed by atoms with Gasteiger partial charge in [-0.1, -0.05) is 36.4 Å². The van der Waals surface area contributed by atoms with Gasteiger partial charge in [-0.2, -0.15) is 0 Å². The maximum absolute atomic E-state index is 3.17. The second-order valence-corrected chi connectivity index (χ2v) is 2.78. The highest BCUT2D eigenvalue weighted by Gasteiger charge is 1.95. The maximum Gasteiger partial charge on any atom is 0.0417 e. The molecule has 0 fully saturated rings. The fourth-order valence-electron chi connectivity index (χ4n) is 1.44. The fraction of sp³-hybridized carbons (Fsp3) is 0.0769. The standard InChI is InChI=1S/C11H11N.C2H4/c1-12-11-8-4-6-9-5-2-3-7-10(9)11;1-2/h2-8,12H,1H3;1-2H2. The molecular formula is C13H15N. The molecule has 0 spiro atoms. The average molecular weight is 185 g/mol. The predicted molar refractivity (Wildman–Crippen MR) is 64.7 cm³/mol. The van der Waals surface area contributed by atoms with Gasteiger partial charge in [0.05, 0.1) is 0 Å². The molecule has 0 bridgehead atoms. The molecule has 0 unspecified atom stereocenters. The Balaban J connectivity index is 0.000000461. The number of hydrogen-bond donors (Lipinski definition) is 1. The van der Waals surface area contributed by atoms with Crippen LogP contribution >= 0.6 is 0 Å². The van der Waals surface area contributed by atoms with Crippen LogP contribution in [0.4, 0.5) is 5.69 Å². The first kappa shape index (κ1) is 10.3. The first-order valence-corrected chi connectivity index (χ1v) is 4.57. The van der Waals surface area contributed by atoms with Crippen LogP contribution < -0.4 is 5.32 Å². The minimum atomic E-state index is 1.19. The summed E-state index contributed by atoms with van der Waals surface area (Å²) in [7, 11) is 1.95. The van der Waals surface area contributed by atoms with Crippen molar-refractivity contribution in [2.45, 2.75) is 0 Å². The van der Waals surface area contributed by atoms with Crippen molar-refractivity contribution in [3.63, 3.8) is 0 Å². The second kappa shape index (κ2) is 5.07. The summed E-state index contributed by atoms with van der Waals surface area (Å²) in [6.07, 6.45) is 0. The first-order chi connectivity index (χ1) is 6.92. The topological polar surface area (TPSA) is 12.0 Å². The van der Waals surface area contributed by atoms with Gasteiger partial charge < -0.3 is 5.32 Å². The summed E-state index contributed by atoms with van der Waals surface area (Å²) >= 11 is 0. The minimum Gasteiger partial charge on any atom is -0.388 e. The Bertz CT molecular complexity index is 401. The Labute approximate surface area is 85.1 Å². The lowest BCUT2D eigenvalue weighted by Gasteiger charge is -2.04. The molecule has 1 heteroatoms. The Hall–Kier alpha value is -1.76. The van der Waals surface area contributed by atoms with Crippen LogP contribution in [0.5, 0.6) is 0 Å². The van der Waals surface area contributed by atoms with E-state index in [-0.39, 0.29) is 0 Å². The van der Waals surface area contributed by atoms with Gasteiger partial charge in [0.1, 0.15) is 0 Å². The zero-order valence-corrected chi connectivity index (χ0v) is 8.46. The van der Waals surface area contributed by atoms with Gasteiger partial charge in [0.2, 0.25) is 0 Å². The molecule has 2 aromatic carbocycles. The van der Waals surface area contributed by atoms with E-state index in [4.69, 9.17) is 0 Å². The summed E-state index contributed by atoms with van der Waals surface area (Å²) in [6, 6.07) is 14.6. The summed E-state index contributed by atoms with van der Waals surface area (Å²) in [5.74, 6) is 0. The van der Waals surface area contributed by atoms with Gasteiger partial charge in [-0.15, -0.1) is 13.2 Å². The van der Waals surface area contributed by atoms with Gasteiger partial charge in [-0.3, -0.25) is 0 Å². The molecule has 0 aliphatic rings. The Morgan fingerprint density at radius 2 is 1.57 bits per heavy atom. The molecule has 2 rings (SSSR count). The largest absolute Gasteiger partial charge is 0.388 e. The van der Waals surface area contributed by atoms with Crippen LogP contribution in [0, 0.1) is 0 Å². The van der Waals surface area contributed by atoms with E-state index in [2.05, 4.69) is 60.9 Å². The molecule has 1 N–H and O–H groups in total. The molecule has 0 saturated heterocycles. The van der Waals surface area contributed by atoms with Gasteiger partial charge in [0.15, 0.2) is 0 Å². The van der Waals surface area contributed by atoms with Crippen LogP contribution in [0.1, 0.15) is 0 Å². The molecule has 72 valence electrons. The van der Waals surface area contributed by atoms with Gasteiger partial charge >= 0.3 is 0 Å². The van der Waals surface area contributed by atoms with E-state index < -0.39 is 0 Å². The highest BCUT2D eigenvalue weighted by Crippen LogP contribution is 2.21. The molecule has 0 amide bonds. The molecule has 0 aliphatic heterocycles. The summed E-state index contributed by atoms with van der Waals surface area (Å²) < 4.78 is 0. The Kier molecular flexibility index (Phi) is 3.74. The van der Waals surface area contributed by atoms with Crippen LogP contribution in [-0.2, 0) is 0 Å². The predicted octanol–water partition coefficient (Wildman–Crippen LogP) is 3.68. The highest BCUT2D eigenvalue weighted by atomic mass is 14.8. The lowest BCUT2D eigenvalue weighted by atomic mass is 10.1. The molecule has 0 aliphatic carbocycles. The molecule has 0 atom stereocenters. The van der Waals surface area contributed by atoms with E-state index in [1.807, 2.05) is 7.05 Å². The number of anilines is 1. The van der Waals surface area contributed by atoms with Crippen molar-refractivity contribution >= 4 is 16.5 Å². The first-order valence-electron chi connectivity index (χ1n) is 4.57. The van der Waals surface area contributed by atoms with Gasteiger partial charge in [0.25, 0.3) is 0 Å². The minimum absolute atomic E-state index is 1.19. The molecule has 0 saturated carbocycles. The zero-order valence-electron chi connectivity index (χ0n) is 8.46. The quantitative estimate of drug-likeness (QED) is 0.668. The highest BCUT2D eigenvalue weighted by molar-refractivity contribution is 5.93. The molecule has 0 aromatic heterocycles. The van der Waals surface area contributed by atoms with Crippen LogP contribution in [0.15, 0.2) is 55.6 Å². The van der Waals surface area contributed by atoms with E-state index in [1.54, 1.807) is 0 Å². The molecule has 0 heterocycles. The third-order valence-corrected chi connectivity index (χ3v) is 2.06. The monoisotopic (exact) mass is 185 g/mol. The van der Waals surface area contributed by atoms with Crippen molar-refractivity contribution < 1.29 is 0 Å². The second-order valence-electron chi connectivity index (χ2n) is 2.78. The van der Waals surface area contributed by atoms with Gasteiger partial charge in [-0.25, -0.2) is 0 Å². The van der Waals surface area contributed by atoms with Gasteiger partial charge in [0, 0.05) is 18.1 Å². The lowest BCUT2D eigenvalue weighted by Crippen LogP contribution is -1.88. The number of rotatable bonds is 1. The molecule has 0 radical (unpaired) electrons. The number of nitrogens with one attached hydrogen (secondary N) is 1. The Morgan fingerprint density at radius 3 is 2.29 bits per heavy atom. The summed E-state index contributed by atoms with van der Waals surface area (Å²) in [5.41, 5.74) is 1.19. The van der Waals surface area contributed by atoms with Crippen molar-refractivity contribution in [2.75, 3.05) is 12.4 Å². The lowest BCUT2D eigenvalue weighted by molar-refractivity contribution is 1.55. The van der Waals surface area contributed by atoms with Gasteiger partial charge in [-0.05, 0) is 11.5 Å². The van der Waals surface area contributed by atoms with Crippen LogP contribution in [-0.4, -0.2) is 7.05 Å². The van der Waals surface area contributed by atoms with E-state index in [9.17, 15) is 0 Å². The Morgan fingerprint density at radius 1 is 0.929 bits per heavy atom. The smallest absolute Gasteiger partial charge is 0.0417 e. The summed E-state index contributed by atoms with van der Waals surface area (Å²) in [5, 5.41) is 5.73. The van der Waals surface area contributed by atoms with Crippen molar-refractivity contribution in [3.05, 3.63) is 55.6 Å². The normalized spacial score (nSPS) is 8.93. The zero-order chi connectivity index (χ0) is 10.4. The van der Waals surface area contributed by atoms with Crippen molar-refractivity contribution in [1.29, 1.82) is 0 Å². The molecule has 2 aromatic rings. The number of fused-ring (bicyclic) bond motifs is 1. The molecule has 14 heavy (non-hydrogen) atoms. The van der Waals surface area contributed by atoms with E-state index in [0.29, 0.717) is 0 Å². The van der Waals surface area contributed by atoms with Crippen LogP contribution in [0.25, 0.3) is 10.8 Å². The van der Waals surface area contributed by atoms with E-state index in [0.717, 1.165) is 0 Å². The number of benzene rings is 2. The summed E-state index contributed by atoms with van der Waals surface area (Å²) in [4.78, 5) is 0. The fourth-order valence-corrected chi connectivity index (χ4v) is 1.44. The molecule has 1 nitrogen and oxygen atoms in total. The average Bonchev–Trinajstić information content (AvgIpc) is 2.31. The van der Waals surface area contributed by atoms with Crippen LogP contribution in [0.2, 0.25) is 0 Å². The summed E-state index contributed by atoms with van der Waals surface area (Å²) in [6.45, 7) is 6.00. The van der Waals surface area contributed by atoms with E-state index in [1.165, 1.54) is 16.5 Å². The van der Waals surface area contributed by atoms with Crippen LogP contribution in [0.3, 0.4) is 0 Å². The third kappa shape index (κ3) is 1.94. The van der Waals surface area contributed by atoms with E-state index >= 15 is 0 Å². The number of hydrogen-bond acceptors (Lipinski definition) is 1. The van der Waals surface area contributed by atoms with Crippen molar-refractivity contribution in [2.24, 2.45) is 0 Å². The molecular weight excluding hydrogens is 170 g/mol. The third-order valence-electron chi connectivity index (χ3n) is 2.06.